The molecule has 2 aromatic rings. The van der Waals surface area contributed by atoms with Gasteiger partial charge in [0.05, 0.1) is 0 Å². The highest BCUT2D eigenvalue weighted by atomic mass is 35.5. The van der Waals surface area contributed by atoms with Crippen LogP contribution in [0, 0.1) is 0 Å². The number of nitrogens with one attached hydrogen (secondary N) is 1. The molecule has 0 radical (unpaired) electrons. The lowest BCUT2D eigenvalue weighted by Crippen LogP contribution is -2.46. The van der Waals surface area contributed by atoms with Crippen LogP contribution in [0.4, 0.5) is 0 Å². The van der Waals surface area contributed by atoms with Crippen LogP contribution < -0.4 is 5.32 Å². The van der Waals surface area contributed by atoms with Crippen molar-refractivity contribution in [3.05, 3.63) is 41.0 Å². The number of aromatic nitrogens is 1. The van der Waals surface area contributed by atoms with E-state index in [0.717, 1.165) is 5.56 Å². The van der Waals surface area contributed by atoms with Crippen molar-refractivity contribution < 1.29 is 14.4 Å². The smallest absolute Gasteiger partial charge is 0.273 e. The average molecular weight is 323 g/mol. The molecule has 1 unspecified atom stereocenters. The molecule has 1 aromatic heterocycles. The normalized spacial score (nSPS) is 13.6. The minimum atomic E-state index is -0.467. The summed E-state index contributed by atoms with van der Waals surface area (Å²) in [5, 5.41) is 16.4. The van der Waals surface area contributed by atoms with Gasteiger partial charge in [0, 0.05) is 28.8 Å². The van der Waals surface area contributed by atoms with Gasteiger partial charge in [-0.3, -0.25) is 4.79 Å². The van der Waals surface area contributed by atoms with Gasteiger partial charge in [-0.1, -0.05) is 23.7 Å². The predicted octanol–water partition coefficient (Wildman–Crippen LogP) is 3.28. The summed E-state index contributed by atoms with van der Waals surface area (Å²) < 4.78 is 5.22. The van der Waals surface area contributed by atoms with E-state index in [1.54, 1.807) is 30.3 Å². The van der Waals surface area contributed by atoms with E-state index < -0.39 is 5.54 Å². The van der Waals surface area contributed by atoms with E-state index in [2.05, 4.69) is 10.5 Å². The number of aliphatic hydroxyl groups is 1. The Bertz CT molecular complexity index is 639. The maximum atomic E-state index is 12.3. The van der Waals surface area contributed by atoms with Crippen LogP contribution in [0.15, 0.2) is 34.9 Å². The number of hydrogen-bond donors (Lipinski definition) is 2. The van der Waals surface area contributed by atoms with Crippen LogP contribution in [-0.2, 0) is 0 Å². The maximum absolute atomic E-state index is 12.3. The zero-order valence-corrected chi connectivity index (χ0v) is 13.4. The summed E-state index contributed by atoms with van der Waals surface area (Å²) in [6, 6.07) is 8.68. The number of halogens is 1. The molecule has 22 heavy (non-hydrogen) atoms. The molecule has 6 heteroatoms. The first-order chi connectivity index (χ1) is 10.5. The number of benzene rings is 1. The third kappa shape index (κ3) is 3.87. The molecule has 5 nitrogen and oxygen atoms in total. The molecule has 1 aromatic carbocycles. The Labute approximate surface area is 134 Å². The van der Waals surface area contributed by atoms with Gasteiger partial charge in [0.2, 0.25) is 0 Å². The second-order valence-corrected chi connectivity index (χ2v) is 5.86. The molecule has 0 spiro atoms. The lowest BCUT2D eigenvalue weighted by atomic mass is 9.94. The zero-order chi connectivity index (χ0) is 16.2. The Hall–Kier alpha value is -1.85. The molecule has 0 saturated carbocycles. The van der Waals surface area contributed by atoms with Gasteiger partial charge in [-0.2, -0.15) is 0 Å². The molecule has 0 bridgehead atoms. The number of aliphatic hydroxyl groups excluding tert-OH is 1. The molecule has 0 aliphatic rings. The first-order valence-electron chi connectivity index (χ1n) is 7.13. The fourth-order valence-electron chi connectivity index (χ4n) is 2.04. The van der Waals surface area contributed by atoms with E-state index >= 15 is 0 Å². The van der Waals surface area contributed by atoms with E-state index in [1.165, 1.54) is 0 Å². The van der Waals surface area contributed by atoms with Gasteiger partial charge in [-0.05, 0) is 44.0 Å². The second kappa shape index (κ2) is 6.94. The molecule has 0 aliphatic heterocycles. The maximum Gasteiger partial charge on any atom is 0.273 e. The van der Waals surface area contributed by atoms with Crippen molar-refractivity contribution in [1.29, 1.82) is 0 Å². The third-order valence-electron chi connectivity index (χ3n) is 3.73. The standard InChI is InChI=1S/C16H19ClN2O3/c1-3-16(2,8-9-20)18-15(21)13-10-14(22-19-13)11-4-6-12(17)7-5-11/h4-7,10,20H,3,8-9H2,1-2H3,(H,18,21). The van der Waals surface area contributed by atoms with E-state index in [4.69, 9.17) is 21.2 Å². The summed E-state index contributed by atoms with van der Waals surface area (Å²) in [7, 11) is 0. The SMILES string of the molecule is CCC(C)(CCO)NC(=O)c1cc(-c2ccc(Cl)cc2)on1. The van der Waals surface area contributed by atoms with Crippen LogP contribution in [0.1, 0.15) is 37.2 Å². The largest absolute Gasteiger partial charge is 0.396 e. The molecule has 2 rings (SSSR count). The number of nitrogens with zero attached hydrogens (tertiary/aromatic N) is 1. The number of carbonyl (C=O) groups is 1. The van der Waals surface area contributed by atoms with Crippen molar-refractivity contribution >= 4 is 17.5 Å². The highest BCUT2D eigenvalue weighted by molar-refractivity contribution is 6.30. The van der Waals surface area contributed by atoms with Gasteiger partial charge in [-0.25, -0.2) is 0 Å². The fourth-order valence-corrected chi connectivity index (χ4v) is 2.17. The Morgan fingerprint density at radius 2 is 2.09 bits per heavy atom. The second-order valence-electron chi connectivity index (χ2n) is 5.43. The zero-order valence-electron chi connectivity index (χ0n) is 12.6. The summed E-state index contributed by atoms with van der Waals surface area (Å²) in [6.45, 7) is 3.86. The molecule has 0 aliphatic carbocycles. The summed E-state index contributed by atoms with van der Waals surface area (Å²) in [5.74, 6) is 0.184. The summed E-state index contributed by atoms with van der Waals surface area (Å²) in [5.41, 5.74) is 0.540. The average Bonchev–Trinajstić information content (AvgIpc) is 2.98. The predicted molar refractivity (Wildman–Crippen MR) is 84.8 cm³/mol. The van der Waals surface area contributed by atoms with E-state index in [0.29, 0.717) is 23.6 Å². The first-order valence-corrected chi connectivity index (χ1v) is 7.51. The Balaban J connectivity index is 2.13. The van der Waals surface area contributed by atoms with Gasteiger partial charge in [0.15, 0.2) is 11.5 Å². The van der Waals surface area contributed by atoms with Gasteiger partial charge in [-0.15, -0.1) is 0 Å². The number of carbonyl (C=O) groups excluding carboxylic acids is 1. The van der Waals surface area contributed by atoms with E-state index in [9.17, 15) is 4.79 Å². The van der Waals surface area contributed by atoms with Crippen LogP contribution in [0.3, 0.4) is 0 Å². The highest BCUT2D eigenvalue weighted by Gasteiger charge is 2.25. The summed E-state index contributed by atoms with van der Waals surface area (Å²) >= 11 is 5.84. The van der Waals surface area contributed by atoms with Crippen molar-refractivity contribution in [3.8, 4) is 11.3 Å². The Morgan fingerprint density at radius 1 is 1.41 bits per heavy atom. The summed E-state index contributed by atoms with van der Waals surface area (Å²) in [6.07, 6.45) is 1.19. The van der Waals surface area contributed by atoms with E-state index in [1.807, 2.05) is 13.8 Å². The van der Waals surface area contributed by atoms with Crippen LogP contribution >= 0.6 is 11.6 Å². The summed E-state index contributed by atoms with van der Waals surface area (Å²) in [4.78, 5) is 12.3. The van der Waals surface area contributed by atoms with Crippen LogP contribution in [0.5, 0.6) is 0 Å². The lowest BCUT2D eigenvalue weighted by molar-refractivity contribution is 0.0877. The van der Waals surface area contributed by atoms with Gasteiger partial charge >= 0.3 is 0 Å². The lowest BCUT2D eigenvalue weighted by Gasteiger charge is -2.28. The molecular formula is C16H19ClN2O3. The number of amides is 1. The molecule has 1 atom stereocenters. The Morgan fingerprint density at radius 3 is 2.68 bits per heavy atom. The van der Waals surface area contributed by atoms with Crippen LogP contribution in [0.2, 0.25) is 5.02 Å². The van der Waals surface area contributed by atoms with Gasteiger partial charge < -0.3 is 14.9 Å². The first kappa shape index (κ1) is 16.5. The minimum absolute atomic E-state index is 0.0134. The molecule has 118 valence electrons. The van der Waals surface area contributed by atoms with Crippen molar-refractivity contribution in [2.75, 3.05) is 6.61 Å². The number of hydrogen-bond acceptors (Lipinski definition) is 4. The van der Waals surface area contributed by atoms with E-state index in [-0.39, 0.29) is 18.2 Å². The van der Waals surface area contributed by atoms with Crippen molar-refractivity contribution in [2.45, 2.75) is 32.2 Å². The molecule has 1 heterocycles. The Kier molecular flexibility index (Phi) is 5.21. The minimum Gasteiger partial charge on any atom is -0.396 e. The fraction of sp³-hybridized carbons (Fsp3) is 0.375. The highest BCUT2D eigenvalue weighted by Crippen LogP contribution is 2.23. The molecule has 0 fully saturated rings. The monoisotopic (exact) mass is 322 g/mol. The molecule has 1 amide bonds. The van der Waals surface area contributed by atoms with Crippen LogP contribution in [0.25, 0.3) is 11.3 Å². The molecular weight excluding hydrogens is 304 g/mol. The van der Waals surface area contributed by atoms with Crippen molar-refractivity contribution in [3.63, 3.8) is 0 Å². The van der Waals surface area contributed by atoms with Crippen LogP contribution in [-0.4, -0.2) is 28.3 Å². The third-order valence-corrected chi connectivity index (χ3v) is 3.98. The topological polar surface area (TPSA) is 75.4 Å². The van der Waals surface area contributed by atoms with Gasteiger partial charge in [0.1, 0.15) is 0 Å². The quantitative estimate of drug-likeness (QED) is 0.855. The number of rotatable bonds is 6. The van der Waals surface area contributed by atoms with Crippen molar-refractivity contribution in [1.82, 2.24) is 10.5 Å². The molecule has 2 N–H and O–H groups in total. The van der Waals surface area contributed by atoms with Crippen molar-refractivity contribution in [2.24, 2.45) is 0 Å². The molecule has 0 saturated heterocycles. The van der Waals surface area contributed by atoms with Gasteiger partial charge in [0.25, 0.3) is 5.91 Å².